The number of aromatic nitrogens is 2. The van der Waals surface area contributed by atoms with Crippen LogP contribution in [-0.4, -0.2) is 21.9 Å². The van der Waals surface area contributed by atoms with E-state index in [0.29, 0.717) is 17.3 Å². The normalized spacial score (nSPS) is 11.0. The molecule has 1 aromatic heterocycles. The highest BCUT2D eigenvalue weighted by atomic mass is 16.2. The summed E-state index contributed by atoms with van der Waals surface area (Å²) in [5.41, 5.74) is 3.30. The molecule has 1 N–H and O–H groups in total. The number of carbonyl (C=O) groups is 1. The molecule has 6 heteroatoms. The zero-order valence-corrected chi connectivity index (χ0v) is 13.1. The second-order valence-electron chi connectivity index (χ2n) is 5.12. The predicted octanol–water partition coefficient (Wildman–Crippen LogP) is 2.18. The number of rotatable bonds is 4. The highest BCUT2D eigenvalue weighted by Crippen LogP contribution is 2.13. The molecule has 3 aromatic rings. The molecule has 24 heavy (non-hydrogen) atoms. The zero-order chi connectivity index (χ0) is 16.9. The van der Waals surface area contributed by atoms with E-state index < -0.39 is 5.91 Å². The quantitative estimate of drug-likeness (QED) is 0.591. The third kappa shape index (κ3) is 3.08. The van der Waals surface area contributed by atoms with Crippen LogP contribution in [0.25, 0.3) is 10.8 Å². The van der Waals surface area contributed by atoms with Gasteiger partial charge in [0.1, 0.15) is 0 Å². The molecule has 2 aromatic carbocycles. The SMILES string of the molecule is CCn1nc(C(=O)N/N=C/c2ccccc2)c2ccccc2c1=O. The van der Waals surface area contributed by atoms with Crippen molar-refractivity contribution in [1.29, 1.82) is 0 Å². The van der Waals surface area contributed by atoms with Gasteiger partial charge in [0.05, 0.1) is 11.6 Å². The van der Waals surface area contributed by atoms with Crippen LogP contribution >= 0.6 is 0 Å². The van der Waals surface area contributed by atoms with E-state index in [4.69, 9.17) is 0 Å². The smallest absolute Gasteiger partial charge is 0.267 e. The number of benzene rings is 2. The minimum atomic E-state index is -0.458. The van der Waals surface area contributed by atoms with Gasteiger partial charge in [0.25, 0.3) is 11.5 Å². The Kier molecular flexibility index (Phi) is 4.47. The first-order valence-corrected chi connectivity index (χ1v) is 7.59. The maximum absolute atomic E-state index is 12.4. The average molecular weight is 320 g/mol. The fraction of sp³-hybridized carbons (Fsp3) is 0.111. The molecular weight excluding hydrogens is 304 g/mol. The molecular formula is C18H16N4O2. The average Bonchev–Trinajstić information content (AvgIpc) is 2.63. The summed E-state index contributed by atoms with van der Waals surface area (Å²) < 4.78 is 1.28. The summed E-state index contributed by atoms with van der Waals surface area (Å²) in [6, 6.07) is 16.4. The lowest BCUT2D eigenvalue weighted by molar-refractivity contribution is 0.0949. The second kappa shape index (κ2) is 6.87. The van der Waals surface area contributed by atoms with Crippen LogP contribution < -0.4 is 11.0 Å². The van der Waals surface area contributed by atoms with Crippen molar-refractivity contribution in [2.24, 2.45) is 5.10 Å². The topological polar surface area (TPSA) is 76.3 Å². The van der Waals surface area contributed by atoms with E-state index in [0.717, 1.165) is 5.56 Å². The number of nitrogens with zero attached hydrogens (tertiary/aromatic N) is 3. The van der Waals surface area contributed by atoms with Gasteiger partial charge in [0.2, 0.25) is 0 Å². The van der Waals surface area contributed by atoms with E-state index in [2.05, 4.69) is 15.6 Å². The molecule has 6 nitrogen and oxygen atoms in total. The maximum atomic E-state index is 12.4. The van der Waals surface area contributed by atoms with Crippen molar-refractivity contribution in [2.75, 3.05) is 0 Å². The van der Waals surface area contributed by atoms with Gasteiger partial charge in [-0.05, 0) is 18.6 Å². The Labute approximate surface area is 138 Å². The van der Waals surface area contributed by atoms with Crippen LogP contribution in [0.15, 0.2) is 64.5 Å². The van der Waals surface area contributed by atoms with Gasteiger partial charge in [0.15, 0.2) is 5.69 Å². The van der Waals surface area contributed by atoms with Crippen molar-refractivity contribution in [3.05, 3.63) is 76.2 Å². The first-order valence-electron chi connectivity index (χ1n) is 7.59. The van der Waals surface area contributed by atoms with Gasteiger partial charge >= 0.3 is 0 Å². The Hall–Kier alpha value is -3.28. The number of hydrogen-bond acceptors (Lipinski definition) is 4. The van der Waals surface area contributed by atoms with Crippen molar-refractivity contribution in [3.8, 4) is 0 Å². The Morgan fingerprint density at radius 1 is 1.12 bits per heavy atom. The second-order valence-corrected chi connectivity index (χ2v) is 5.12. The van der Waals surface area contributed by atoms with Crippen molar-refractivity contribution in [1.82, 2.24) is 15.2 Å². The number of aryl methyl sites for hydroxylation is 1. The third-order valence-corrected chi connectivity index (χ3v) is 3.56. The van der Waals surface area contributed by atoms with E-state index >= 15 is 0 Å². The van der Waals surface area contributed by atoms with Gasteiger partial charge in [-0.2, -0.15) is 10.2 Å². The van der Waals surface area contributed by atoms with Crippen LogP contribution in [0.5, 0.6) is 0 Å². The minimum absolute atomic E-state index is 0.178. The fourth-order valence-electron chi connectivity index (χ4n) is 2.37. The lowest BCUT2D eigenvalue weighted by atomic mass is 10.1. The fourth-order valence-corrected chi connectivity index (χ4v) is 2.37. The summed E-state index contributed by atoms with van der Waals surface area (Å²) in [5, 5.41) is 9.09. The molecule has 0 saturated carbocycles. The summed E-state index contributed by atoms with van der Waals surface area (Å²) in [7, 11) is 0. The number of hydrogen-bond donors (Lipinski definition) is 1. The number of hydrazone groups is 1. The maximum Gasteiger partial charge on any atom is 0.292 e. The number of amides is 1. The molecule has 3 rings (SSSR count). The van der Waals surface area contributed by atoms with E-state index in [1.165, 1.54) is 4.68 Å². The first kappa shape index (κ1) is 15.6. The molecule has 0 atom stereocenters. The third-order valence-electron chi connectivity index (χ3n) is 3.56. The number of fused-ring (bicyclic) bond motifs is 1. The Morgan fingerprint density at radius 2 is 1.79 bits per heavy atom. The van der Waals surface area contributed by atoms with Crippen LogP contribution in [-0.2, 0) is 6.54 Å². The van der Waals surface area contributed by atoms with Crippen molar-refractivity contribution < 1.29 is 4.79 Å². The standard InChI is InChI=1S/C18H16N4O2/c1-2-22-18(24)15-11-7-6-10-14(15)16(21-22)17(23)20-19-12-13-8-4-3-5-9-13/h3-12H,2H2,1H3,(H,20,23)/b19-12+. The number of carbonyl (C=O) groups excluding carboxylic acids is 1. The van der Waals surface area contributed by atoms with Crippen molar-refractivity contribution in [3.63, 3.8) is 0 Å². The van der Waals surface area contributed by atoms with Crippen LogP contribution in [0.1, 0.15) is 23.0 Å². The lowest BCUT2D eigenvalue weighted by Crippen LogP contribution is -2.28. The summed E-state index contributed by atoms with van der Waals surface area (Å²) in [4.78, 5) is 24.7. The first-order chi connectivity index (χ1) is 11.7. The monoisotopic (exact) mass is 320 g/mol. The highest BCUT2D eigenvalue weighted by Gasteiger charge is 2.15. The van der Waals surface area contributed by atoms with Crippen LogP contribution in [0.3, 0.4) is 0 Å². The lowest BCUT2D eigenvalue weighted by Gasteiger charge is -2.08. The number of nitrogens with one attached hydrogen (secondary N) is 1. The summed E-state index contributed by atoms with van der Waals surface area (Å²) in [5.74, 6) is -0.458. The Morgan fingerprint density at radius 3 is 2.50 bits per heavy atom. The van der Waals surface area contributed by atoms with Gasteiger partial charge in [-0.15, -0.1) is 0 Å². The van der Waals surface area contributed by atoms with E-state index in [1.54, 1.807) is 37.4 Å². The van der Waals surface area contributed by atoms with E-state index in [1.807, 2.05) is 30.3 Å². The Bertz CT molecular complexity index is 962. The zero-order valence-electron chi connectivity index (χ0n) is 13.1. The Balaban J connectivity index is 1.94. The van der Waals surface area contributed by atoms with E-state index in [9.17, 15) is 9.59 Å². The molecule has 0 radical (unpaired) electrons. The van der Waals surface area contributed by atoms with E-state index in [-0.39, 0.29) is 11.3 Å². The van der Waals surface area contributed by atoms with Gasteiger partial charge in [0, 0.05) is 11.9 Å². The molecule has 0 unspecified atom stereocenters. The molecule has 0 spiro atoms. The molecule has 0 aliphatic rings. The molecule has 0 saturated heterocycles. The van der Waals surface area contributed by atoms with Crippen LogP contribution in [0.2, 0.25) is 0 Å². The highest BCUT2D eigenvalue weighted by molar-refractivity contribution is 6.04. The summed E-state index contributed by atoms with van der Waals surface area (Å²) >= 11 is 0. The van der Waals surface area contributed by atoms with Crippen molar-refractivity contribution in [2.45, 2.75) is 13.5 Å². The molecule has 0 aliphatic carbocycles. The van der Waals surface area contributed by atoms with Gasteiger partial charge in [-0.1, -0.05) is 48.5 Å². The summed E-state index contributed by atoms with van der Waals surface area (Å²) in [6.07, 6.45) is 1.55. The largest absolute Gasteiger partial charge is 0.292 e. The van der Waals surface area contributed by atoms with Crippen molar-refractivity contribution >= 4 is 22.9 Å². The molecule has 0 bridgehead atoms. The van der Waals surface area contributed by atoms with Crippen LogP contribution in [0, 0.1) is 0 Å². The molecule has 120 valence electrons. The predicted molar refractivity (Wildman–Crippen MR) is 93.2 cm³/mol. The summed E-state index contributed by atoms with van der Waals surface area (Å²) in [6.45, 7) is 2.19. The molecule has 0 fully saturated rings. The molecule has 1 amide bonds. The van der Waals surface area contributed by atoms with Crippen LogP contribution in [0.4, 0.5) is 0 Å². The minimum Gasteiger partial charge on any atom is -0.267 e. The van der Waals surface area contributed by atoms with Gasteiger partial charge in [-0.3, -0.25) is 9.59 Å². The molecule has 0 aliphatic heterocycles. The van der Waals surface area contributed by atoms with Gasteiger partial charge < -0.3 is 0 Å². The van der Waals surface area contributed by atoms with Gasteiger partial charge in [-0.25, -0.2) is 10.1 Å². The molecule has 1 heterocycles.